The van der Waals surface area contributed by atoms with Gasteiger partial charge in [-0.2, -0.15) is 0 Å². The predicted octanol–water partition coefficient (Wildman–Crippen LogP) is 2.06. The molecule has 26 heavy (non-hydrogen) atoms. The number of hydrogen-bond donors (Lipinski definition) is 1. The Labute approximate surface area is 158 Å². The van der Waals surface area contributed by atoms with Crippen LogP contribution >= 0.6 is 11.6 Å². The highest BCUT2D eigenvalue weighted by Gasteiger charge is 2.26. The van der Waals surface area contributed by atoms with Gasteiger partial charge in [0.15, 0.2) is 11.5 Å². The molecule has 1 saturated heterocycles. The molecule has 1 aromatic rings. The summed E-state index contributed by atoms with van der Waals surface area (Å²) >= 11 is 5.85. The summed E-state index contributed by atoms with van der Waals surface area (Å²) in [5, 5.41) is 2.47. The fourth-order valence-corrected chi connectivity index (χ4v) is 3.11. The molecule has 0 radical (unpaired) electrons. The van der Waals surface area contributed by atoms with Crippen LogP contribution in [0.15, 0.2) is 12.1 Å². The van der Waals surface area contributed by atoms with E-state index < -0.39 is 5.38 Å². The van der Waals surface area contributed by atoms with E-state index in [-0.39, 0.29) is 17.9 Å². The average Bonchev–Trinajstić information content (AvgIpc) is 2.66. The van der Waals surface area contributed by atoms with Crippen LogP contribution in [-0.4, -0.2) is 62.6 Å². The number of rotatable bonds is 6. The third kappa shape index (κ3) is 4.52. The van der Waals surface area contributed by atoms with Crippen molar-refractivity contribution in [3.05, 3.63) is 17.7 Å². The van der Waals surface area contributed by atoms with E-state index in [1.54, 1.807) is 24.0 Å². The molecule has 0 saturated carbocycles. The molecule has 1 aliphatic heterocycles. The van der Waals surface area contributed by atoms with Gasteiger partial charge in [-0.05, 0) is 31.9 Å². The second-order valence-electron chi connectivity index (χ2n) is 6.10. The van der Waals surface area contributed by atoms with E-state index in [9.17, 15) is 9.59 Å². The van der Waals surface area contributed by atoms with E-state index in [0.717, 1.165) is 0 Å². The lowest BCUT2D eigenvalue weighted by atomic mass is 10.0. The highest BCUT2D eigenvalue weighted by Crippen LogP contribution is 2.38. The van der Waals surface area contributed by atoms with Crippen LogP contribution in [0.4, 0.5) is 0 Å². The Balaban J connectivity index is 2.04. The Morgan fingerprint density at radius 1 is 1.12 bits per heavy atom. The Bertz CT molecular complexity index is 632. The van der Waals surface area contributed by atoms with Crippen LogP contribution in [0.25, 0.3) is 0 Å². The van der Waals surface area contributed by atoms with Gasteiger partial charge in [0.1, 0.15) is 5.38 Å². The number of likely N-dealkylation sites (tertiary alicyclic amines) is 1. The first-order valence-electron chi connectivity index (χ1n) is 8.45. The van der Waals surface area contributed by atoms with Gasteiger partial charge in [0.2, 0.25) is 11.7 Å². The maximum absolute atomic E-state index is 12.6. The fraction of sp³-hybridized carbons (Fsp3) is 0.556. The fourth-order valence-electron chi connectivity index (χ4n) is 2.98. The van der Waals surface area contributed by atoms with E-state index in [2.05, 4.69) is 5.32 Å². The summed E-state index contributed by atoms with van der Waals surface area (Å²) in [6.07, 6.45) is 1.37. The average molecular weight is 385 g/mol. The molecule has 7 nitrogen and oxygen atoms in total. The van der Waals surface area contributed by atoms with E-state index in [4.69, 9.17) is 25.8 Å². The number of carbonyl (C=O) groups is 2. The number of carbonyl (C=O) groups excluding carboxylic acids is 2. The van der Waals surface area contributed by atoms with Crippen LogP contribution in [0, 0.1) is 0 Å². The monoisotopic (exact) mass is 384 g/mol. The standard InChI is InChI=1S/C18H25ClN2O5/c1-11(19)18(23)21-7-5-13(6-8-21)20-17(22)12-9-14(24-2)16(26-4)15(10-12)25-3/h9-11,13H,5-8H2,1-4H3,(H,20,22). The van der Waals surface area contributed by atoms with Crippen molar-refractivity contribution >= 4 is 23.4 Å². The Morgan fingerprint density at radius 3 is 2.08 bits per heavy atom. The van der Waals surface area contributed by atoms with Gasteiger partial charge >= 0.3 is 0 Å². The van der Waals surface area contributed by atoms with Crippen molar-refractivity contribution in [2.75, 3.05) is 34.4 Å². The quantitative estimate of drug-likeness (QED) is 0.760. The third-order valence-corrected chi connectivity index (χ3v) is 4.60. The molecule has 1 aromatic carbocycles. The van der Waals surface area contributed by atoms with Crippen molar-refractivity contribution in [3.63, 3.8) is 0 Å². The van der Waals surface area contributed by atoms with Crippen molar-refractivity contribution in [2.24, 2.45) is 0 Å². The molecule has 1 atom stereocenters. The molecular formula is C18H25ClN2O5. The largest absolute Gasteiger partial charge is 0.493 e. The first-order valence-corrected chi connectivity index (χ1v) is 8.88. The summed E-state index contributed by atoms with van der Waals surface area (Å²) in [7, 11) is 4.52. The first kappa shape index (κ1) is 20.2. The molecule has 1 unspecified atom stereocenters. The lowest BCUT2D eigenvalue weighted by molar-refractivity contribution is -0.131. The lowest BCUT2D eigenvalue weighted by Gasteiger charge is -2.33. The molecule has 0 bridgehead atoms. The number of alkyl halides is 1. The molecule has 0 aliphatic carbocycles. The Kier molecular flexibility index (Phi) is 6.97. The molecular weight excluding hydrogens is 360 g/mol. The summed E-state index contributed by atoms with van der Waals surface area (Å²) in [4.78, 5) is 26.3. The number of hydrogen-bond acceptors (Lipinski definition) is 5. The minimum absolute atomic E-state index is 0.00345. The SMILES string of the molecule is COc1cc(C(=O)NC2CCN(C(=O)C(C)Cl)CC2)cc(OC)c1OC. The molecule has 0 aromatic heterocycles. The number of halogens is 1. The Morgan fingerprint density at radius 2 is 1.65 bits per heavy atom. The molecule has 2 amide bonds. The minimum Gasteiger partial charge on any atom is -0.493 e. The molecule has 8 heteroatoms. The van der Waals surface area contributed by atoms with Crippen LogP contribution in [-0.2, 0) is 4.79 Å². The number of methoxy groups -OCH3 is 3. The summed E-state index contributed by atoms with van der Waals surface area (Å²) in [6, 6.07) is 3.23. The smallest absolute Gasteiger partial charge is 0.251 e. The van der Waals surface area contributed by atoms with E-state index >= 15 is 0 Å². The van der Waals surface area contributed by atoms with Gasteiger partial charge in [-0.3, -0.25) is 9.59 Å². The number of amides is 2. The maximum Gasteiger partial charge on any atom is 0.251 e. The second-order valence-corrected chi connectivity index (χ2v) is 6.76. The Hall–Kier alpha value is -2.15. The lowest BCUT2D eigenvalue weighted by Crippen LogP contribution is -2.48. The van der Waals surface area contributed by atoms with Crippen LogP contribution in [0.3, 0.4) is 0 Å². The number of nitrogens with zero attached hydrogens (tertiary/aromatic N) is 1. The number of piperidine rings is 1. The highest BCUT2D eigenvalue weighted by atomic mass is 35.5. The van der Waals surface area contributed by atoms with Gasteiger partial charge in [0.25, 0.3) is 5.91 Å². The molecule has 1 N–H and O–H groups in total. The third-order valence-electron chi connectivity index (χ3n) is 4.41. The highest BCUT2D eigenvalue weighted by molar-refractivity contribution is 6.30. The predicted molar refractivity (Wildman–Crippen MR) is 98.5 cm³/mol. The zero-order valence-corrected chi connectivity index (χ0v) is 16.3. The topological polar surface area (TPSA) is 77.1 Å². The van der Waals surface area contributed by atoms with Gasteiger partial charge in [-0.1, -0.05) is 0 Å². The zero-order chi connectivity index (χ0) is 19.3. The summed E-state index contributed by atoms with van der Waals surface area (Å²) in [6.45, 7) is 2.83. The zero-order valence-electron chi connectivity index (χ0n) is 15.5. The number of ether oxygens (including phenoxy) is 3. The van der Waals surface area contributed by atoms with Gasteiger partial charge in [-0.25, -0.2) is 0 Å². The summed E-state index contributed by atoms with van der Waals surface area (Å²) in [5.41, 5.74) is 0.424. The van der Waals surface area contributed by atoms with Crippen LogP contribution in [0.5, 0.6) is 17.2 Å². The minimum atomic E-state index is -0.527. The van der Waals surface area contributed by atoms with Gasteiger partial charge < -0.3 is 24.4 Å². The van der Waals surface area contributed by atoms with E-state index in [1.165, 1.54) is 21.3 Å². The summed E-state index contributed by atoms with van der Waals surface area (Å²) < 4.78 is 15.8. The molecule has 0 spiro atoms. The van der Waals surface area contributed by atoms with Gasteiger partial charge in [0.05, 0.1) is 21.3 Å². The molecule has 1 fully saturated rings. The van der Waals surface area contributed by atoms with E-state index in [0.29, 0.717) is 48.7 Å². The van der Waals surface area contributed by atoms with Crippen molar-refractivity contribution in [2.45, 2.75) is 31.2 Å². The summed E-state index contributed by atoms with van der Waals surface area (Å²) in [5.74, 6) is 0.997. The molecule has 1 heterocycles. The molecule has 2 rings (SSSR count). The van der Waals surface area contributed by atoms with Gasteiger partial charge in [0, 0.05) is 24.7 Å². The number of benzene rings is 1. The maximum atomic E-state index is 12.6. The normalized spacial score (nSPS) is 16.0. The van der Waals surface area contributed by atoms with Crippen molar-refractivity contribution in [1.29, 1.82) is 0 Å². The van der Waals surface area contributed by atoms with Crippen LogP contribution in [0.1, 0.15) is 30.1 Å². The first-order chi connectivity index (χ1) is 12.4. The molecule has 1 aliphatic rings. The van der Waals surface area contributed by atoms with Crippen molar-refractivity contribution in [1.82, 2.24) is 10.2 Å². The van der Waals surface area contributed by atoms with Crippen LogP contribution < -0.4 is 19.5 Å². The van der Waals surface area contributed by atoms with Crippen molar-refractivity contribution in [3.8, 4) is 17.2 Å². The van der Waals surface area contributed by atoms with Crippen LogP contribution in [0.2, 0.25) is 0 Å². The van der Waals surface area contributed by atoms with Gasteiger partial charge in [-0.15, -0.1) is 11.6 Å². The van der Waals surface area contributed by atoms with E-state index in [1.807, 2.05) is 0 Å². The molecule has 144 valence electrons. The van der Waals surface area contributed by atoms with Crippen molar-refractivity contribution < 1.29 is 23.8 Å². The number of nitrogens with one attached hydrogen (secondary N) is 1. The second kappa shape index (κ2) is 8.98.